The lowest BCUT2D eigenvalue weighted by molar-refractivity contribution is -0.119. The maximum Gasteiger partial charge on any atom is 0.276 e. The number of fused-ring (bicyclic) bond motifs is 3. The Hall–Kier alpha value is -2.51. The van der Waals surface area contributed by atoms with E-state index in [0.29, 0.717) is 17.5 Å². The molecule has 4 rings (SSSR count). The Morgan fingerprint density at radius 3 is 2.68 bits per heavy atom. The van der Waals surface area contributed by atoms with E-state index in [1.165, 1.54) is 4.68 Å². The molecule has 2 aromatic carbocycles. The normalized spacial score (nSPS) is 12.4. The highest BCUT2D eigenvalue weighted by Crippen LogP contribution is 2.33. The van der Waals surface area contributed by atoms with Crippen LogP contribution in [-0.2, 0) is 4.79 Å². The molecule has 0 aliphatic heterocycles. The number of para-hydroxylation sites is 1. The molecule has 1 amide bonds. The van der Waals surface area contributed by atoms with Gasteiger partial charge in [0.25, 0.3) is 5.56 Å². The SMILES string of the molecule is CC[C@H](C(=O)Nc1ccccc1Br)n1nc(C)c2sc3ccccc3c2c1=O. The van der Waals surface area contributed by atoms with E-state index >= 15 is 0 Å². The second-order valence-corrected chi connectivity index (χ2v) is 8.44. The molecule has 0 fully saturated rings. The zero-order valence-electron chi connectivity index (χ0n) is 15.4. The smallest absolute Gasteiger partial charge is 0.276 e. The fourth-order valence-corrected chi connectivity index (χ4v) is 4.86. The van der Waals surface area contributed by atoms with Gasteiger partial charge in [-0.2, -0.15) is 5.10 Å². The van der Waals surface area contributed by atoms with Crippen LogP contribution in [0.25, 0.3) is 20.2 Å². The first kappa shape index (κ1) is 18.8. The first-order chi connectivity index (χ1) is 13.5. The molecule has 5 nitrogen and oxygen atoms in total. The van der Waals surface area contributed by atoms with E-state index < -0.39 is 6.04 Å². The van der Waals surface area contributed by atoms with Gasteiger partial charge in [0.1, 0.15) is 6.04 Å². The van der Waals surface area contributed by atoms with Crippen LogP contribution in [0.1, 0.15) is 25.1 Å². The number of anilines is 1. The maximum atomic E-state index is 13.3. The van der Waals surface area contributed by atoms with Crippen molar-refractivity contribution < 1.29 is 4.79 Å². The van der Waals surface area contributed by atoms with Crippen LogP contribution < -0.4 is 10.9 Å². The Kier molecular flexibility index (Phi) is 5.03. The lowest BCUT2D eigenvalue weighted by Crippen LogP contribution is -2.35. The molecule has 4 aromatic rings. The van der Waals surface area contributed by atoms with Crippen LogP contribution in [0, 0.1) is 6.92 Å². The van der Waals surface area contributed by atoms with Gasteiger partial charge in [-0.3, -0.25) is 9.59 Å². The van der Waals surface area contributed by atoms with Crippen LogP contribution in [0.15, 0.2) is 57.8 Å². The molecule has 0 aliphatic carbocycles. The average molecular weight is 456 g/mol. The summed E-state index contributed by atoms with van der Waals surface area (Å²) in [6.45, 7) is 3.76. The molecule has 7 heteroatoms. The molecule has 0 saturated carbocycles. The Morgan fingerprint density at radius 1 is 1.21 bits per heavy atom. The van der Waals surface area contributed by atoms with E-state index in [2.05, 4.69) is 26.3 Å². The minimum absolute atomic E-state index is 0.229. The molecule has 2 aromatic heterocycles. The lowest BCUT2D eigenvalue weighted by Gasteiger charge is -2.18. The van der Waals surface area contributed by atoms with Gasteiger partial charge in [-0.25, -0.2) is 4.68 Å². The highest BCUT2D eigenvalue weighted by Gasteiger charge is 2.24. The van der Waals surface area contributed by atoms with Gasteiger partial charge in [-0.1, -0.05) is 37.3 Å². The first-order valence-corrected chi connectivity index (χ1v) is 10.6. The second-order valence-electron chi connectivity index (χ2n) is 6.53. The molecule has 0 saturated heterocycles. The molecule has 0 radical (unpaired) electrons. The largest absolute Gasteiger partial charge is 0.323 e. The molecular formula is C21H18BrN3O2S. The van der Waals surface area contributed by atoms with E-state index in [1.54, 1.807) is 11.3 Å². The number of amides is 1. The minimum Gasteiger partial charge on any atom is -0.323 e. The van der Waals surface area contributed by atoms with Crippen LogP contribution in [-0.4, -0.2) is 15.7 Å². The summed E-state index contributed by atoms with van der Waals surface area (Å²) in [6.07, 6.45) is 0.455. The summed E-state index contributed by atoms with van der Waals surface area (Å²) in [7, 11) is 0. The van der Waals surface area contributed by atoms with Gasteiger partial charge in [-0.05, 0) is 47.5 Å². The Morgan fingerprint density at radius 2 is 1.93 bits per heavy atom. The molecule has 0 aliphatic rings. The minimum atomic E-state index is -0.693. The zero-order chi connectivity index (χ0) is 19.8. The standard InChI is InChI=1S/C21H18BrN3O2S/c1-3-16(20(26)23-15-10-6-5-9-14(15)22)25-21(27)18-13-8-4-7-11-17(13)28-19(18)12(2)24-25/h4-11,16H,3H2,1-2H3,(H,23,26)/t16-/m1/s1. The first-order valence-electron chi connectivity index (χ1n) is 8.97. The molecule has 1 N–H and O–H groups in total. The summed E-state index contributed by atoms with van der Waals surface area (Å²) in [5, 5.41) is 8.95. The van der Waals surface area contributed by atoms with E-state index in [4.69, 9.17) is 0 Å². The van der Waals surface area contributed by atoms with Gasteiger partial charge >= 0.3 is 0 Å². The maximum absolute atomic E-state index is 13.3. The molecular weight excluding hydrogens is 438 g/mol. The molecule has 28 heavy (non-hydrogen) atoms. The summed E-state index contributed by atoms with van der Waals surface area (Å²) in [5.74, 6) is -0.262. The number of nitrogens with one attached hydrogen (secondary N) is 1. The third-order valence-electron chi connectivity index (χ3n) is 4.72. The zero-order valence-corrected chi connectivity index (χ0v) is 17.8. The number of rotatable bonds is 4. The van der Waals surface area contributed by atoms with Crippen molar-refractivity contribution in [1.29, 1.82) is 0 Å². The van der Waals surface area contributed by atoms with Gasteiger partial charge < -0.3 is 5.32 Å². The second kappa shape index (κ2) is 7.48. The van der Waals surface area contributed by atoms with Crippen LogP contribution in [0.3, 0.4) is 0 Å². The van der Waals surface area contributed by atoms with Crippen molar-refractivity contribution in [3.63, 3.8) is 0 Å². The third kappa shape index (κ3) is 3.14. The summed E-state index contributed by atoms with van der Waals surface area (Å²) < 4.78 is 4.05. The van der Waals surface area contributed by atoms with Crippen molar-refractivity contribution in [2.45, 2.75) is 26.3 Å². The van der Waals surface area contributed by atoms with Gasteiger partial charge in [0, 0.05) is 14.6 Å². The van der Waals surface area contributed by atoms with Crippen LogP contribution in [0.2, 0.25) is 0 Å². The van der Waals surface area contributed by atoms with E-state index in [-0.39, 0.29) is 11.5 Å². The van der Waals surface area contributed by atoms with Crippen molar-refractivity contribution in [3.8, 4) is 0 Å². The van der Waals surface area contributed by atoms with Gasteiger partial charge in [-0.15, -0.1) is 11.3 Å². The van der Waals surface area contributed by atoms with E-state index in [1.807, 2.05) is 62.4 Å². The summed E-state index contributed by atoms with van der Waals surface area (Å²) in [6, 6.07) is 14.5. The number of carbonyl (C=O) groups excluding carboxylic acids is 1. The number of halogens is 1. The molecule has 0 bridgehead atoms. The fraction of sp³-hybridized carbons (Fsp3) is 0.190. The number of nitrogens with zero attached hydrogens (tertiary/aromatic N) is 2. The Bertz CT molecular complexity index is 1260. The number of aryl methyl sites for hydroxylation is 1. The monoisotopic (exact) mass is 455 g/mol. The quantitative estimate of drug-likeness (QED) is 0.455. The molecule has 0 spiro atoms. The number of benzene rings is 2. The average Bonchev–Trinajstić information content (AvgIpc) is 3.08. The number of carbonyl (C=O) groups is 1. The molecule has 142 valence electrons. The predicted molar refractivity (Wildman–Crippen MR) is 118 cm³/mol. The van der Waals surface area contributed by atoms with Crippen molar-refractivity contribution in [2.24, 2.45) is 0 Å². The summed E-state index contributed by atoms with van der Waals surface area (Å²) in [5.41, 5.74) is 1.19. The Balaban J connectivity index is 1.83. The lowest BCUT2D eigenvalue weighted by atomic mass is 10.1. The van der Waals surface area contributed by atoms with Crippen molar-refractivity contribution in [2.75, 3.05) is 5.32 Å². The summed E-state index contributed by atoms with van der Waals surface area (Å²) in [4.78, 5) is 26.3. The number of thiophene rings is 1. The van der Waals surface area contributed by atoms with Gasteiger partial charge in [0.2, 0.25) is 5.91 Å². The van der Waals surface area contributed by atoms with Crippen LogP contribution >= 0.6 is 27.3 Å². The molecule has 1 atom stereocenters. The Labute approximate surface area is 174 Å². The molecule has 0 unspecified atom stereocenters. The third-order valence-corrected chi connectivity index (χ3v) is 6.69. The van der Waals surface area contributed by atoms with Crippen LogP contribution in [0.4, 0.5) is 5.69 Å². The predicted octanol–water partition coefficient (Wildman–Crippen LogP) is 5.27. The topological polar surface area (TPSA) is 64.0 Å². The van der Waals surface area contributed by atoms with Crippen molar-refractivity contribution >= 4 is 59.0 Å². The summed E-state index contributed by atoms with van der Waals surface area (Å²) >= 11 is 5.00. The number of hydrogen-bond acceptors (Lipinski definition) is 4. The van der Waals surface area contributed by atoms with Gasteiger partial charge in [0.15, 0.2) is 0 Å². The van der Waals surface area contributed by atoms with E-state index in [9.17, 15) is 9.59 Å². The fourth-order valence-electron chi connectivity index (χ4n) is 3.34. The van der Waals surface area contributed by atoms with Crippen LogP contribution in [0.5, 0.6) is 0 Å². The number of hydrogen-bond donors (Lipinski definition) is 1. The molecule has 2 heterocycles. The highest BCUT2D eigenvalue weighted by molar-refractivity contribution is 9.10. The highest BCUT2D eigenvalue weighted by atomic mass is 79.9. The van der Waals surface area contributed by atoms with Crippen molar-refractivity contribution in [3.05, 3.63) is 69.1 Å². The van der Waals surface area contributed by atoms with Gasteiger partial charge in [0.05, 0.1) is 21.5 Å². The van der Waals surface area contributed by atoms with Crippen molar-refractivity contribution in [1.82, 2.24) is 9.78 Å². The van der Waals surface area contributed by atoms with E-state index in [0.717, 1.165) is 25.0 Å². The number of aromatic nitrogens is 2.